The molecule has 0 fully saturated rings. The first-order valence-electron chi connectivity index (χ1n) is 8.99. The third-order valence-corrected chi connectivity index (χ3v) is 5.82. The van der Waals surface area contributed by atoms with Crippen LogP contribution in [0.1, 0.15) is 43.6 Å². The minimum Gasteiger partial charge on any atom is -0.402 e. The predicted molar refractivity (Wildman–Crippen MR) is 110 cm³/mol. The molecular formula is C22H26N2S. The van der Waals surface area contributed by atoms with E-state index in [0.717, 1.165) is 49.1 Å². The number of rotatable bonds is 5. The summed E-state index contributed by atoms with van der Waals surface area (Å²) in [6.45, 7) is 0. The minimum absolute atomic E-state index is 0.498. The molecule has 0 spiro atoms. The third-order valence-electron chi connectivity index (χ3n) is 4.88. The third kappa shape index (κ3) is 4.99. The van der Waals surface area contributed by atoms with Crippen LogP contribution in [0.5, 0.6) is 0 Å². The molecule has 0 bridgehead atoms. The standard InChI is InChI=1S/C22H26N2S/c23-21-16-19(18-10-6-3-7-11-18)12-13-20(21)22(24)25-15-14-17-8-4-1-2-5-9-17/h1-8,10-11,19,24H,9,12-16,23H2. The first kappa shape index (κ1) is 17.8. The van der Waals surface area contributed by atoms with Crippen molar-refractivity contribution in [3.05, 3.63) is 83.1 Å². The molecule has 1 unspecified atom stereocenters. The maximum atomic E-state index is 8.42. The molecule has 3 heteroatoms. The van der Waals surface area contributed by atoms with E-state index in [4.69, 9.17) is 11.1 Å². The van der Waals surface area contributed by atoms with Gasteiger partial charge in [-0.25, -0.2) is 0 Å². The van der Waals surface area contributed by atoms with Crippen LogP contribution in [0.2, 0.25) is 0 Å². The molecule has 1 aromatic carbocycles. The van der Waals surface area contributed by atoms with Crippen LogP contribution in [0.3, 0.4) is 0 Å². The van der Waals surface area contributed by atoms with Crippen LogP contribution < -0.4 is 5.73 Å². The van der Waals surface area contributed by atoms with Crippen molar-refractivity contribution in [3.8, 4) is 0 Å². The molecule has 1 aromatic rings. The molecule has 3 rings (SSSR count). The topological polar surface area (TPSA) is 49.9 Å². The van der Waals surface area contributed by atoms with Crippen molar-refractivity contribution in [1.29, 1.82) is 5.41 Å². The van der Waals surface area contributed by atoms with E-state index in [1.165, 1.54) is 11.1 Å². The average Bonchev–Trinajstić information content (AvgIpc) is 2.91. The summed E-state index contributed by atoms with van der Waals surface area (Å²) >= 11 is 1.64. The van der Waals surface area contributed by atoms with Gasteiger partial charge in [0.2, 0.25) is 0 Å². The van der Waals surface area contributed by atoms with Crippen molar-refractivity contribution in [2.45, 2.75) is 38.0 Å². The molecule has 25 heavy (non-hydrogen) atoms. The molecule has 0 aromatic heterocycles. The molecule has 0 aliphatic heterocycles. The van der Waals surface area contributed by atoms with Crippen LogP contribution in [0, 0.1) is 5.41 Å². The summed E-state index contributed by atoms with van der Waals surface area (Å²) in [5, 5.41) is 9.09. The maximum absolute atomic E-state index is 8.42. The van der Waals surface area contributed by atoms with Gasteiger partial charge in [-0.2, -0.15) is 0 Å². The highest BCUT2D eigenvalue weighted by Crippen LogP contribution is 2.36. The van der Waals surface area contributed by atoms with Gasteiger partial charge in [0.1, 0.15) is 0 Å². The molecule has 1 atom stereocenters. The second kappa shape index (κ2) is 8.91. The van der Waals surface area contributed by atoms with E-state index in [1.54, 1.807) is 11.8 Å². The van der Waals surface area contributed by atoms with Crippen molar-refractivity contribution < 1.29 is 0 Å². The first-order valence-corrected chi connectivity index (χ1v) is 9.98. The SMILES string of the molecule is N=C(SCCC1=CC=CC=CC1)C1=C(N)CC(c2ccccc2)CC1. The van der Waals surface area contributed by atoms with Crippen molar-refractivity contribution in [3.63, 3.8) is 0 Å². The van der Waals surface area contributed by atoms with Crippen molar-refractivity contribution in [1.82, 2.24) is 0 Å². The Morgan fingerprint density at radius 3 is 2.80 bits per heavy atom. The summed E-state index contributed by atoms with van der Waals surface area (Å²) in [7, 11) is 0. The number of nitrogens with two attached hydrogens (primary N) is 1. The quantitative estimate of drug-likeness (QED) is 0.528. The van der Waals surface area contributed by atoms with Crippen LogP contribution >= 0.6 is 11.8 Å². The zero-order valence-electron chi connectivity index (χ0n) is 14.6. The maximum Gasteiger partial charge on any atom is 0.0919 e. The summed E-state index contributed by atoms with van der Waals surface area (Å²) in [6, 6.07) is 10.6. The average molecular weight is 351 g/mol. The zero-order valence-corrected chi connectivity index (χ0v) is 15.4. The van der Waals surface area contributed by atoms with Crippen molar-refractivity contribution in [2.75, 3.05) is 5.75 Å². The number of thioether (sulfide) groups is 1. The molecule has 0 saturated heterocycles. The molecule has 2 aliphatic rings. The van der Waals surface area contributed by atoms with Gasteiger partial charge < -0.3 is 5.73 Å². The molecule has 3 N–H and O–H groups in total. The lowest BCUT2D eigenvalue weighted by molar-refractivity contribution is 0.584. The van der Waals surface area contributed by atoms with Crippen molar-refractivity contribution in [2.24, 2.45) is 5.73 Å². The predicted octanol–water partition coefficient (Wildman–Crippen LogP) is 5.71. The van der Waals surface area contributed by atoms with Gasteiger partial charge in [0.15, 0.2) is 0 Å². The molecule has 2 nitrogen and oxygen atoms in total. The van der Waals surface area contributed by atoms with E-state index in [9.17, 15) is 0 Å². The molecular weight excluding hydrogens is 324 g/mol. The molecule has 0 amide bonds. The summed E-state index contributed by atoms with van der Waals surface area (Å²) < 4.78 is 0. The first-order chi connectivity index (χ1) is 12.2. The van der Waals surface area contributed by atoms with Gasteiger partial charge >= 0.3 is 0 Å². The number of allylic oxidation sites excluding steroid dienone is 7. The summed E-state index contributed by atoms with van der Waals surface area (Å²) in [5.74, 6) is 1.45. The number of hydrogen-bond donors (Lipinski definition) is 2. The Kier molecular flexibility index (Phi) is 6.35. The van der Waals surface area contributed by atoms with Crippen molar-refractivity contribution >= 4 is 16.8 Å². The van der Waals surface area contributed by atoms with E-state index in [1.807, 2.05) is 0 Å². The van der Waals surface area contributed by atoms with Crippen LogP contribution in [0.15, 0.2) is 77.6 Å². The van der Waals surface area contributed by atoms with Gasteiger partial charge in [0.05, 0.1) is 5.04 Å². The number of nitrogens with one attached hydrogen (secondary N) is 1. The van der Waals surface area contributed by atoms with Gasteiger partial charge in [-0.15, -0.1) is 11.8 Å². The molecule has 0 radical (unpaired) electrons. The van der Waals surface area contributed by atoms with Crippen LogP contribution in [0.4, 0.5) is 0 Å². The Balaban J connectivity index is 1.53. The van der Waals surface area contributed by atoms with Gasteiger partial charge in [-0.3, -0.25) is 5.41 Å². The van der Waals surface area contributed by atoms with E-state index in [2.05, 4.69) is 60.7 Å². The van der Waals surface area contributed by atoms with E-state index in [0.29, 0.717) is 11.0 Å². The van der Waals surface area contributed by atoms with Gasteiger partial charge in [-0.05, 0) is 43.6 Å². The number of benzene rings is 1. The molecule has 0 saturated carbocycles. The second-order valence-corrected chi connectivity index (χ2v) is 7.73. The van der Waals surface area contributed by atoms with Crippen LogP contribution in [0.25, 0.3) is 0 Å². The fraction of sp³-hybridized carbons (Fsp3) is 0.318. The Bertz CT molecular complexity index is 726. The molecule has 130 valence electrons. The Morgan fingerprint density at radius 1 is 1.16 bits per heavy atom. The Morgan fingerprint density at radius 2 is 2.00 bits per heavy atom. The lowest BCUT2D eigenvalue weighted by Gasteiger charge is -2.26. The Labute approximate surface area is 155 Å². The zero-order chi connectivity index (χ0) is 17.5. The fourth-order valence-electron chi connectivity index (χ4n) is 3.42. The van der Waals surface area contributed by atoms with Gasteiger partial charge in [0, 0.05) is 17.0 Å². The molecule has 2 aliphatic carbocycles. The lowest BCUT2D eigenvalue weighted by Crippen LogP contribution is -2.18. The monoisotopic (exact) mass is 350 g/mol. The summed E-state index contributed by atoms with van der Waals surface area (Å²) in [5.41, 5.74) is 11.1. The smallest absolute Gasteiger partial charge is 0.0919 e. The number of hydrogen-bond acceptors (Lipinski definition) is 3. The highest BCUT2D eigenvalue weighted by atomic mass is 32.2. The van der Waals surface area contributed by atoms with E-state index in [-0.39, 0.29) is 0 Å². The largest absolute Gasteiger partial charge is 0.402 e. The highest BCUT2D eigenvalue weighted by molar-refractivity contribution is 8.14. The van der Waals surface area contributed by atoms with E-state index >= 15 is 0 Å². The highest BCUT2D eigenvalue weighted by Gasteiger charge is 2.23. The Hall–Kier alpha value is -2.00. The van der Waals surface area contributed by atoms with Gasteiger partial charge in [-0.1, -0.05) is 66.3 Å². The van der Waals surface area contributed by atoms with Crippen LogP contribution in [-0.2, 0) is 0 Å². The lowest BCUT2D eigenvalue weighted by atomic mass is 9.83. The van der Waals surface area contributed by atoms with Crippen LogP contribution in [-0.4, -0.2) is 10.8 Å². The normalized spacial score (nSPS) is 20.3. The fourth-order valence-corrected chi connectivity index (χ4v) is 4.39. The van der Waals surface area contributed by atoms with Gasteiger partial charge in [0.25, 0.3) is 0 Å². The summed E-state index contributed by atoms with van der Waals surface area (Å²) in [4.78, 5) is 0. The minimum atomic E-state index is 0.498. The van der Waals surface area contributed by atoms with E-state index < -0.39 is 0 Å². The second-order valence-electron chi connectivity index (χ2n) is 6.62. The summed E-state index contributed by atoms with van der Waals surface area (Å²) in [6.07, 6.45) is 15.6. The molecule has 0 heterocycles.